The van der Waals surface area contributed by atoms with Crippen molar-refractivity contribution in [3.63, 3.8) is 0 Å². The maximum atomic E-state index is 12.0. The molecule has 1 aliphatic rings. The maximum Gasteiger partial charge on any atom is 0.326 e. The number of hydrogen-bond donors (Lipinski definition) is 3. The Morgan fingerprint density at radius 1 is 1.10 bits per heavy atom. The van der Waals surface area contributed by atoms with E-state index in [1.807, 2.05) is 0 Å². The number of nitrogens with one attached hydrogen (secondary N) is 1. The number of amides is 2. The third-order valence-corrected chi connectivity index (χ3v) is 3.57. The third-order valence-electron chi connectivity index (χ3n) is 3.57. The van der Waals surface area contributed by atoms with Crippen LogP contribution < -0.4 is 5.32 Å². The lowest BCUT2D eigenvalue weighted by Gasteiger charge is -2.37. The monoisotopic (exact) mass is 301 g/mol. The van der Waals surface area contributed by atoms with Crippen LogP contribution in [0.1, 0.15) is 26.7 Å². The highest BCUT2D eigenvalue weighted by atomic mass is 16.4. The fourth-order valence-electron chi connectivity index (χ4n) is 2.21. The highest BCUT2D eigenvalue weighted by Crippen LogP contribution is 2.07. The molecule has 0 aromatic carbocycles. The van der Waals surface area contributed by atoms with Crippen LogP contribution in [0.5, 0.6) is 0 Å². The summed E-state index contributed by atoms with van der Waals surface area (Å²) in [5.41, 5.74) is 0. The summed E-state index contributed by atoms with van der Waals surface area (Å²) >= 11 is 0. The van der Waals surface area contributed by atoms with Gasteiger partial charge in [0.05, 0.1) is 0 Å². The lowest BCUT2D eigenvalue weighted by atomic mass is 10.1. The SMILES string of the molecule is CC(C)N1CCN(C(=O)N[C@@H](CCC(=O)O)C(=O)O)CC1. The van der Waals surface area contributed by atoms with E-state index in [-0.39, 0.29) is 12.8 Å². The summed E-state index contributed by atoms with van der Waals surface area (Å²) in [7, 11) is 0. The fraction of sp³-hybridized carbons (Fsp3) is 0.769. The zero-order valence-corrected chi connectivity index (χ0v) is 12.4. The van der Waals surface area contributed by atoms with Crippen LogP contribution in [0, 0.1) is 0 Å². The molecule has 0 bridgehead atoms. The minimum atomic E-state index is -1.22. The molecule has 1 rings (SSSR count). The highest BCUT2D eigenvalue weighted by Gasteiger charge is 2.26. The Morgan fingerprint density at radius 2 is 1.67 bits per heavy atom. The topological polar surface area (TPSA) is 110 Å². The molecule has 0 aliphatic carbocycles. The zero-order chi connectivity index (χ0) is 16.0. The molecule has 0 saturated carbocycles. The Bertz CT molecular complexity index is 391. The molecule has 0 aromatic heterocycles. The first-order valence-corrected chi connectivity index (χ1v) is 7.05. The van der Waals surface area contributed by atoms with Crippen molar-refractivity contribution < 1.29 is 24.6 Å². The first kappa shape index (κ1) is 17.2. The van der Waals surface area contributed by atoms with Crippen LogP contribution in [-0.4, -0.2) is 76.2 Å². The van der Waals surface area contributed by atoms with Gasteiger partial charge in [-0.15, -0.1) is 0 Å². The molecule has 0 radical (unpaired) electrons. The smallest absolute Gasteiger partial charge is 0.326 e. The van der Waals surface area contributed by atoms with E-state index in [0.717, 1.165) is 13.1 Å². The van der Waals surface area contributed by atoms with Crippen molar-refractivity contribution >= 4 is 18.0 Å². The molecule has 2 amide bonds. The van der Waals surface area contributed by atoms with Gasteiger partial charge in [-0.25, -0.2) is 9.59 Å². The van der Waals surface area contributed by atoms with Crippen LogP contribution in [0.25, 0.3) is 0 Å². The van der Waals surface area contributed by atoms with Crippen LogP contribution in [0.2, 0.25) is 0 Å². The summed E-state index contributed by atoms with van der Waals surface area (Å²) in [6, 6.07) is -1.20. The summed E-state index contributed by atoms with van der Waals surface area (Å²) in [5, 5.41) is 20.0. The number of piperazine rings is 1. The molecule has 0 aromatic rings. The molecular formula is C13H23N3O5. The van der Waals surface area contributed by atoms with E-state index in [1.54, 1.807) is 4.90 Å². The molecule has 0 unspecified atom stereocenters. The van der Waals surface area contributed by atoms with Gasteiger partial charge in [0.2, 0.25) is 0 Å². The van der Waals surface area contributed by atoms with Crippen molar-refractivity contribution in [2.24, 2.45) is 0 Å². The molecule has 120 valence electrons. The van der Waals surface area contributed by atoms with Crippen LogP contribution in [0.4, 0.5) is 4.79 Å². The molecule has 1 heterocycles. The van der Waals surface area contributed by atoms with E-state index >= 15 is 0 Å². The predicted octanol–water partition coefficient (Wildman–Crippen LogP) is 0.0400. The molecule has 3 N–H and O–H groups in total. The molecule has 1 saturated heterocycles. The minimum absolute atomic E-state index is 0.123. The van der Waals surface area contributed by atoms with Crippen LogP contribution in [-0.2, 0) is 9.59 Å². The highest BCUT2D eigenvalue weighted by molar-refractivity contribution is 5.83. The van der Waals surface area contributed by atoms with Crippen molar-refractivity contribution in [3.05, 3.63) is 0 Å². The number of rotatable bonds is 6. The lowest BCUT2D eigenvalue weighted by Crippen LogP contribution is -2.55. The number of aliphatic carboxylic acids is 2. The van der Waals surface area contributed by atoms with Gasteiger partial charge in [0.1, 0.15) is 6.04 Å². The van der Waals surface area contributed by atoms with E-state index in [4.69, 9.17) is 10.2 Å². The maximum absolute atomic E-state index is 12.0. The summed E-state index contributed by atoms with van der Waals surface area (Å²) in [6.07, 6.45) is -0.416. The van der Waals surface area contributed by atoms with Crippen LogP contribution >= 0.6 is 0 Å². The van der Waals surface area contributed by atoms with Crippen molar-refractivity contribution in [1.29, 1.82) is 0 Å². The zero-order valence-electron chi connectivity index (χ0n) is 12.4. The quantitative estimate of drug-likeness (QED) is 0.639. The molecule has 8 nitrogen and oxygen atoms in total. The van der Waals surface area contributed by atoms with Gasteiger partial charge in [-0.3, -0.25) is 9.69 Å². The number of carboxylic acid groups (broad SMARTS) is 2. The molecule has 0 spiro atoms. The van der Waals surface area contributed by atoms with Gasteiger partial charge in [-0.1, -0.05) is 0 Å². The summed E-state index contributed by atoms with van der Waals surface area (Å²) in [5.74, 6) is -2.30. The van der Waals surface area contributed by atoms with E-state index in [2.05, 4.69) is 24.1 Å². The average molecular weight is 301 g/mol. The van der Waals surface area contributed by atoms with Gasteiger partial charge in [0.25, 0.3) is 0 Å². The van der Waals surface area contributed by atoms with E-state index < -0.39 is 24.0 Å². The first-order chi connectivity index (χ1) is 9.81. The Hall–Kier alpha value is -1.83. The molecule has 21 heavy (non-hydrogen) atoms. The molecular weight excluding hydrogens is 278 g/mol. The van der Waals surface area contributed by atoms with Gasteiger partial charge < -0.3 is 20.4 Å². The second kappa shape index (κ2) is 7.82. The second-order valence-electron chi connectivity index (χ2n) is 5.39. The van der Waals surface area contributed by atoms with Crippen molar-refractivity contribution in [3.8, 4) is 0 Å². The largest absolute Gasteiger partial charge is 0.481 e. The predicted molar refractivity (Wildman–Crippen MR) is 75.1 cm³/mol. The summed E-state index contributed by atoms with van der Waals surface area (Å²) in [4.78, 5) is 37.4. The summed E-state index contributed by atoms with van der Waals surface area (Å²) in [6.45, 7) is 6.74. The number of carbonyl (C=O) groups is 3. The van der Waals surface area contributed by atoms with E-state index in [9.17, 15) is 14.4 Å². The summed E-state index contributed by atoms with van der Waals surface area (Å²) < 4.78 is 0. The first-order valence-electron chi connectivity index (χ1n) is 7.05. The van der Waals surface area contributed by atoms with Crippen LogP contribution in [0.3, 0.4) is 0 Å². The number of carbonyl (C=O) groups excluding carboxylic acids is 1. The second-order valence-corrected chi connectivity index (χ2v) is 5.39. The van der Waals surface area contributed by atoms with E-state index in [1.165, 1.54) is 0 Å². The Morgan fingerprint density at radius 3 is 2.10 bits per heavy atom. The molecule has 8 heteroatoms. The van der Waals surface area contributed by atoms with Gasteiger partial charge in [-0.05, 0) is 20.3 Å². The van der Waals surface area contributed by atoms with Gasteiger partial charge in [-0.2, -0.15) is 0 Å². The standard InChI is InChI=1S/C13H23N3O5/c1-9(2)15-5-7-16(8-6-15)13(21)14-10(12(19)20)3-4-11(17)18/h9-10H,3-8H2,1-2H3,(H,14,21)(H,17,18)(H,19,20)/t10-/m0/s1. The molecule has 1 aliphatic heterocycles. The van der Waals surface area contributed by atoms with E-state index in [0.29, 0.717) is 19.1 Å². The molecule has 1 fully saturated rings. The van der Waals surface area contributed by atoms with Gasteiger partial charge in [0.15, 0.2) is 0 Å². The number of nitrogens with zero attached hydrogens (tertiary/aromatic N) is 2. The fourth-order valence-corrected chi connectivity index (χ4v) is 2.21. The average Bonchev–Trinajstić information content (AvgIpc) is 2.42. The third kappa shape index (κ3) is 5.58. The van der Waals surface area contributed by atoms with Gasteiger partial charge >= 0.3 is 18.0 Å². The van der Waals surface area contributed by atoms with Crippen molar-refractivity contribution in [2.75, 3.05) is 26.2 Å². The van der Waals surface area contributed by atoms with Gasteiger partial charge in [0, 0.05) is 38.6 Å². The number of urea groups is 1. The number of hydrogen-bond acceptors (Lipinski definition) is 4. The van der Waals surface area contributed by atoms with Crippen molar-refractivity contribution in [2.45, 2.75) is 38.8 Å². The van der Waals surface area contributed by atoms with Crippen LogP contribution in [0.15, 0.2) is 0 Å². The normalized spacial score (nSPS) is 17.6. The lowest BCUT2D eigenvalue weighted by molar-refractivity contribution is -0.140. The Kier molecular flexibility index (Phi) is 6.41. The molecule has 1 atom stereocenters. The Labute approximate surface area is 123 Å². The minimum Gasteiger partial charge on any atom is -0.481 e. The van der Waals surface area contributed by atoms with Crippen molar-refractivity contribution in [1.82, 2.24) is 15.1 Å². The Balaban J connectivity index is 2.47. The number of carboxylic acids is 2.